The lowest BCUT2D eigenvalue weighted by atomic mass is 9.98. The zero-order valence-corrected chi connectivity index (χ0v) is 15.7. The Bertz CT molecular complexity index is 749. The summed E-state index contributed by atoms with van der Waals surface area (Å²) in [6, 6.07) is 6.61. The minimum Gasteiger partial charge on any atom is -0.385 e. The number of urea groups is 1. The molecule has 1 aliphatic heterocycles. The number of methoxy groups -OCH3 is 1. The number of aromatic nitrogens is 2. The van der Waals surface area contributed by atoms with Gasteiger partial charge in [-0.25, -0.2) is 9.18 Å². The summed E-state index contributed by atoms with van der Waals surface area (Å²) in [4.78, 5) is 14.7. The van der Waals surface area contributed by atoms with E-state index in [2.05, 4.69) is 10.4 Å². The van der Waals surface area contributed by atoms with Crippen molar-refractivity contribution >= 4 is 11.7 Å². The molecule has 6 nitrogen and oxygen atoms in total. The topological polar surface area (TPSA) is 59.4 Å². The van der Waals surface area contributed by atoms with E-state index in [0.29, 0.717) is 12.2 Å². The number of piperidine rings is 1. The van der Waals surface area contributed by atoms with Crippen LogP contribution in [0.1, 0.15) is 37.7 Å². The number of likely N-dealkylation sites (tertiary alicyclic amines) is 1. The fourth-order valence-electron chi connectivity index (χ4n) is 3.56. The van der Waals surface area contributed by atoms with E-state index < -0.39 is 0 Å². The molecule has 0 spiro atoms. The molecule has 2 aromatic rings. The first kappa shape index (κ1) is 19.4. The quantitative estimate of drug-likeness (QED) is 0.748. The average Bonchev–Trinajstić information content (AvgIpc) is 3.09. The van der Waals surface area contributed by atoms with E-state index in [0.717, 1.165) is 50.8 Å². The number of amides is 2. The van der Waals surface area contributed by atoms with Gasteiger partial charge in [0, 0.05) is 32.5 Å². The van der Waals surface area contributed by atoms with Crippen molar-refractivity contribution in [2.75, 3.05) is 25.6 Å². The number of hydrogen-bond donors (Lipinski definition) is 1. The van der Waals surface area contributed by atoms with Gasteiger partial charge in [-0.05, 0) is 49.8 Å². The number of benzene rings is 1. The zero-order valence-electron chi connectivity index (χ0n) is 15.7. The second kappa shape index (κ2) is 9.50. The molecule has 27 heavy (non-hydrogen) atoms. The Kier molecular flexibility index (Phi) is 6.81. The van der Waals surface area contributed by atoms with Gasteiger partial charge in [0.1, 0.15) is 5.82 Å². The molecule has 0 saturated carbocycles. The smallest absolute Gasteiger partial charge is 0.322 e. The number of carbonyl (C=O) groups is 1. The predicted octanol–water partition coefficient (Wildman–Crippen LogP) is 3.88. The summed E-state index contributed by atoms with van der Waals surface area (Å²) in [6.07, 6.45) is 8.54. The number of nitrogens with one attached hydrogen (secondary N) is 1. The molecule has 1 fully saturated rings. The Morgan fingerprint density at radius 2 is 2.30 bits per heavy atom. The minimum absolute atomic E-state index is 0.0811. The molecule has 146 valence electrons. The zero-order chi connectivity index (χ0) is 19.1. The van der Waals surface area contributed by atoms with E-state index in [9.17, 15) is 9.18 Å². The Morgan fingerprint density at radius 3 is 3.11 bits per heavy atom. The number of anilines is 1. The van der Waals surface area contributed by atoms with Gasteiger partial charge in [0.15, 0.2) is 0 Å². The molecule has 0 aliphatic carbocycles. The highest BCUT2D eigenvalue weighted by molar-refractivity contribution is 5.89. The maximum absolute atomic E-state index is 13.3. The minimum atomic E-state index is -0.266. The third-order valence-corrected chi connectivity index (χ3v) is 4.89. The molecule has 1 atom stereocenters. The number of rotatable bonds is 7. The molecule has 2 amide bonds. The largest absolute Gasteiger partial charge is 0.385 e. The van der Waals surface area contributed by atoms with Crippen LogP contribution in [0.5, 0.6) is 0 Å². The summed E-state index contributed by atoms with van der Waals surface area (Å²) in [5.41, 5.74) is 1.47. The van der Waals surface area contributed by atoms with Crippen molar-refractivity contribution in [3.63, 3.8) is 0 Å². The van der Waals surface area contributed by atoms with Crippen molar-refractivity contribution in [2.45, 2.75) is 44.7 Å². The third-order valence-electron chi connectivity index (χ3n) is 4.89. The van der Waals surface area contributed by atoms with Gasteiger partial charge in [-0.2, -0.15) is 5.10 Å². The molecular weight excluding hydrogens is 347 g/mol. The van der Waals surface area contributed by atoms with E-state index >= 15 is 0 Å². The molecule has 1 saturated heterocycles. The first-order valence-electron chi connectivity index (χ1n) is 9.49. The molecule has 2 heterocycles. The lowest BCUT2D eigenvalue weighted by molar-refractivity contribution is 0.141. The molecule has 0 unspecified atom stereocenters. The fourth-order valence-corrected chi connectivity index (χ4v) is 3.56. The second-order valence-electron chi connectivity index (χ2n) is 6.96. The molecule has 1 N–H and O–H groups in total. The molecule has 7 heteroatoms. The summed E-state index contributed by atoms with van der Waals surface area (Å²) >= 11 is 0. The average molecular weight is 374 g/mol. The number of carbonyl (C=O) groups excluding carboxylic acids is 1. The van der Waals surface area contributed by atoms with Gasteiger partial charge in [0.2, 0.25) is 0 Å². The second-order valence-corrected chi connectivity index (χ2v) is 6.96. The molecule has 0 bridgehead atoms. The van der Waals surface area contributed by atoms with E-state index in [1.807, 2.05) is 11.0 Å². The molecular formula is C20H27FN4O2. The lowest BCUT2D eigenvalue weighted by Crippen LogP contribution is -2.45. The van der Waals surface area contributed by atoms with Gasteiger partial charge >= 0.3 is 6.03 Å². The van der Waals surface area contributed by atoms with Gasteiger partial charge in [-0.1, -0.05) is 12.1 Å². The van der Waals surface area contributed by atoms with Crippen LogP contribution < -0.4 is 5.32 Å². The van der Waals surface area contributed by atoms with Crippen LogP contribution in [-0.4, -0.2) is 47.0 Å². The SMILES string of the molecule is COCCC[C@@H]1CCCCN1C(=O)Nc1cnn(Cc2cccc(F)c2)c1. The monoisotopic (exact) mass is 374 g/mol. The first-order valence-corrected chi connectivity index (χ1v) is 9.49. The van der Waals surface area contributed by atoms with Crippen LogP contribution in [0.25, 0.3) is 0 Å². The van der Waals surface area contributed by atoms with Crippen LogP contribution in [0.4, 0.5) is 14.9 Å². The summed E-state index contributed by atoms with van der Waals surface area (Å²) < 4.78 is 20.1. The molecule has 1 aliphatic rings. The lowest BCUT2D eigenvalue weighted by Gasteiger charge is -2.35. The van der Waals surface area contributed by atoms with Gasteiger partial charge in [-0.15, -0.1) is 0 Å². The van der Waals surface area contributed by atoms with E-state index in [1.54, 1.807) is 30.3 Å². The predicted molar refractivity (Wildman–Crippen MR) is 102 cm³/mol. The van der Waals surface area contributed by atoms with Gasteiger partial charge in [0.25, 0.3) is 0 Å². The van der Waals surface area contributed by atoms with Crippen molar-refractivity contribution < 1.29 is 13.9 Å². The number of nitrogens with zero attached hydrogens (tertiary/aromatic N) is 3. The maximum atomic E-state index is 13.3. The Labute approximate surface area is 159 Å². The summed E-state index contributed by atoms with van der Waals surface area (Å²) in [5, 5.41) is 7.21. The van der Waals surface area contributed by atoms with Crippen LogP contribution >= 0.6 is 0 Å². The van der Waals surface area contributed by atoms with E-state index in [4.69, 9.17) is 4.74 Å². The van der Waals surface area contributed by atoms with Crippen LogP contribution in [0.3, 0.4) is 0 Å². The summed E-state index contributed by atoms with van der Waals surface area (Å²) in [7, 11) is 1.70. The van der Waals surface area contributed by atoms with Crippen molar-refractivity contribution in [2.24, 2.45) is 0 Å². The Balaban J connectivity index is 1.57. The fraction of sp³-hybridized carbons (Fsp3) is 0.500. The Morgan fingerprint density at radius 1 is 1.41 bits per heavy atom. The van der Waals surface area contributed by atoms with Crippen molar-refractivity contribution in [1.29, 1.82) is 0 Å². The Hall–Kier alpha value is -2.41. The molecule has 3 rings (SSSR count). The normalized spacial score (nSPS) is 17.1. The highest BCUT2D eigenvalue weighted by atomic mass is 19.1. The molecule has 1 aromatic carbocycles. The maximum Gasteiger partial charge on any atom is 0.322 e. The third kappa shape index (κ3) is 5.53. The molecule has 0 radical (unpaired) electrons. The van der Waals surface area contributed by atoms with E-state index in [-0.39, 0.29) is 17.9 Å². The first-order chi connectivity index (χ1) is 13.2. The van der Waals surface area contributed by atoms with Gasteiger partial charge in [-0.3, -0.25) is 4.68 Å². The van der Waals surface area contributed by atoms with Gasteiger partial charge in [0.05, 0.1) is 18.4 Å². The highest BCUT2D eigenvalue weighted by Crippen LogP contribution is 2.22. The van der Waals surface area contributed by atoms with Crippen molar-refractivity contribution in [3.8, 4) is 0 Å². The van der Waals surface area contributed by atoms with Crippen LogP contribution in [0.15, 0.2) is 36.7 Å². The number of ether oxygens (including phenoxy) is 1. The van der Waals surface area contributed by atoms with Crippen molar-refractivity contribution in [1.82, 2.24) is 14.7 Å². The van der Waals surface area contributed by atoms with Gasteiger partial charge < -0.3 is 15.0 Å². The van der Waals surface area contributed by atoms with E-state index in [1.165, 1.54) is 12.1 Å². The number of halogens is 1. The summed E-state index contributed by atoms with van der Waals surface area (Å²) in [5.74, 6) is -0.266. The number of hydrogen-bond acceptors (Lipinski definition) is 3. The van der Waals surface area contributed by atoms with Crippen LogP contribution in [0.2, 0.25) is 0 Å². The summed E-state index contributed by atoms with van der Waals surface area (Å²) in [6.45, 7) is 1.96. The van der Waals surface area contributed by atoms with Crippen LogP contribution in [-0.2, 0) is 11.3 Å². The molecule has 1 aromatic heterocycles. The van der Waals surface area contributed by atoms with Crippen molar-refractivity contribution in [3.05, 3.63) is 48.0 Å². The highest BCUT2D eigenvalue weighted by Gasteiger charge is 2.26. The van der Waals surface area contributed by atoms with Crippen LogP contribution in [0, 0.1) is 5.82 Å². The standard InChI is InChI=1S/C20H27FN4O2/c1-27-11-5-9-19-8-2-3-10-25(19)20(26)23-18-13-22-24(15-18)14-16-6-4-7-17(21)12-16/h4,6-7,12-13,15,19H,2-3,5,8-11,14H2,1H3,(H,23,26)/t19-/m0/s1.